The van der Waals surface area contributed by atoms with E-state index in [2.05, 4.69) is 5.32 Å². The SMILES string of the molecule is CSCC(C)(O)CNC(=O)COc1ccc(F)cc1. The average molecular weight is 287 g/mol. The molecule has 0 bridgehead atoms. The highest BCUT2D eigenvalue weighted by Crippen LogP contribution is 2.11. The first-order valence-corrected chi connectivity index (χ1v) is 7.19. The molecule has 0 aliphatic heterocycles. The number of carbonyl (C=O) groups is 1. The quantitative estimate of drug-likeness (QED) is 0.796. The Balaban J connectivity index is 2.30. The third-order valence-electron chi connectivity index (χ3n) is 2.31. The van der Waals surface area contributed by atoms with Crippen molar-refractivity contribution in [2.75, 3.05) is 25.2 Å². The van der Waals surface area contributed by atoms with E-state index in [1.54, 1.807) is 6.92 Å². The molecular formula is C13H18FNO3S. The molecule has 1 aromatic carbocycles. The van der Waals surface area contributed by atoms with Gasteiger partial charge >= 0.3 is 0 Å². The second-order valence-corrected chi connectivity index (χ2v) is 5.32. The largest absolute Gasteiger partial charge is 0.484 e. The Morgan fingerprint density at radius 1 is 1.47 bits per heavy atom. The van der Waals surface area contributed by atoms with Crippen LogP contribution in [0.2, 0.25) is 0 Å². The van der Waals surface area contributed by atoms with Gasteiger partial charge in [0.25, 0.3) is 5.91 Å². The molecule has 1 unspecified atom stereocenters. The lowest BCUT2D eigenvalue weighted by Crippen LogP contribution is -2.43. The number of carbonyl (C=O) groups excluding carboxylic acids is 1. The molecule has 0 saturated heterocycles. The van der Waals surface area contributed by atoms with Crippen molar-refractivity contribution in [3.05, 3.63) is 30.1 Å². The third-order valence-corrected chi connectivity index (χ3v) is 3.22. The van der Waals surface area contributed by atoms with Crippen LogP contribution < -0.4 is 10.1 Å². The van der Waals surface area contributed by atoms with Gasteiger partial charge in [0, 0.05) is 12.3 Å². The maximum absolute atomic E-state index is 12.6. The van der Waals surface area contributed by atoms with Crippen molar-refractivity contribution < 1.29 is 19.0 Å². The van der Waals surface area contributed by atoms with Gasteiger partial charge in [-0.15, -0.1) is 0 Å². The summed E-state index contributed by atoms with van der Waals surface area (Å²) in [6.07, 6.45) is 1.88. The number of hydrogen-bond donors (Lipinski definition) is 2. The van der Waals surface area contributed by atoms with Crippen molar-refractivity contribution in [2.45, 2.75) is 12.5 Å². The summed E-state index contributed by atoms with van der Waals surface area (Å²) in [7, 11) is 0. The lowest BCUT2D eigenvalue weighted by Gasteiger charge is -2.22. The summed E-state index contributed by atoms with van der Waals surface area (Å²) in [5.41, 5.74) is -0.940. The van der Waals surface area contributed by atoms with Crippen LogP contribution in [-0.2, 0) is 4.79 Å². The van der Waals surface area contributed by atoms with Crippen LogP contribution in [0.1, 0.15) is 6.92 Å². The van der Waals surface area contributed by atoms with Gasteiger partial charge in [-0.05, 0) is 37.4 Å². The number of nitrogens with one attached hydrogen (secondary N) is 1. The van der Waals surface area contributed by atoms with Crippen LogP contribution in [0.25, 0.3) is 0 Å². The van der Waals surface area contributed by atoms with Crippen LogP contribution in [0.15, 0.2) is 24.3 Å². The molecule has 1 amide bonds. The van der Waals surface area contributed by atoms with Crippen LogP contribution in [0.3, 0.4) is 0 Å². The Morgan fingerprint density at radius 3 is 2.68 bits per heavy atom. The summed E-state index contributed by atoms with van der Waals surface area (Å²) in [6.45, 7) is 1.66. The lowest BCUT2D eigenvalue weighted by atomic mass is 10.1. The molecule has 19 heavy (non-hydrogen) atoms. The summed E-state index contributed by atoms with van der Waals surface area (Å²) in [5, 5.41) is 12.4. The van der Waals surface area contributed by atoms with Gasteiger partial charge in [0.05, 0.1) is 5.60 Å². The van der Waals surface area contributed by atoms with E-state index in [9.17, 15) is 14.3 Å². The highest BCUT2D eigenvalue weighted by atomic mass is 32.2. The second-order valence-electron chi connectivity index (χ2n) is 4.45. The molecule has 0 fully saturated rings. The molecule has 1 rings (SSSR count). The molecule has 0 aliphatic carbocycles. The Kier molecular flexibility index (Phi) is 6.11. The van der Waals surface area contributed by atoms with Crippen LogP contribution in [0.4, 0.5) is 4.39 Å². The number of ether oxygens (including phenoxy) is 1. The molecule has 106 valence electrons. The van der Waals surface area contributed by atoms with Crippen molar-refractivity contribution in [3.8, 4) is 5.75 Å². The van der Waals surface area contributed by atoms with E-state index in [0.717, 1.165) is 0 Å². The smallest absolute Gasteiger partial charge is 0.258 e. The van der Waals surface area contributed by atoms with E-state index in [-0.39, 0.29) is 24.9 Å². The Hall–Kier alpha value is -1.27. The zero-order valence-corrected chi connectivity index (χ0v) is 11.8. The van der Waals surface area contributed by atoms with Gasteiger partial charge in [0.15, 0.2) is 6.61 Å². The fraction of sp³-hybridized carbons (Fsp3) is 0.462. The number of amides is 1. The summed E-state index contributed by atoms with van der Waals surface area (Å²) in [4.78, 5) is 11.5. The van der Waals surface area contributed by atoms with Crippen molar-refractivity contribution >= 4 is 17.7 Å². The predicted octanol–water partition coefficient (Wildman–Crippen LogP) is 1.43. The van der Waals surface area contributed by atoms with Crippen LogP contribution in [0, 0.1) is 5.82 Å². The summed E-state index contributed by atoms with van der Waals surface area (Å²) in [6, 6.07) is 5.42. The van der Waals surface area contributed by atoms with E-state index in [1.165, 1.54) is 36.0 Å². The molecule has 2 N–H and O–H groups in total. The molecule has 1 aromatic rings. The normalized spacial score (nSPS) is 13.7. The standard InChI is InChI=1S/C13H18FNO3S/c1-13(17,9-19-2)8-15-12(16)7-18-11-5-3-10(14)4-6-11/h3-6,17H,7-9H2,1-2H3,(H,15,16). The number of aliphatic hydroxyl groups is 1. The number of rotatable bonds is 7. The fourth-order valence-electron chi connectivity index (χ4n) is 1.38. The van der Waals surface area contributed by atoms with Crippen LogP contribution in [0.5, 0.6) is 5.75 Å². The highest BCUT2D eigenvalue weighted by molar-refractivity contribution is 7.98. The van der Waals surface area contributed by atoms with Crippen LogP contribution in [-0.4, -0.2) is 41.8 Å². The number of halogens is 1. The predicted molar refractivity (Wildman–Crippen MR) is 73.9 cm³/mol. The van der Waals surface area contributed by atoms with Gasteiger partial charge < -0.3 is 15.2 Å². The third kappa shape index (κ3) is 6.45. The minimum Gasteiger partial charge on any atom is -0.484 e. The summed E-state index contributed by atoms with van der Waals surface area (Å²) >= 11 is 1.50. The summed E-state index contributed by atoms with van der Waals surface area (Å²) in [5.74, 6) is 0.273. The lowest BCUT2D eigenvalue weighted by molar-refractivity contribution is -0.124. The van der Waals surface area contributed by atoms with Gasteiger partial charge in [0.1, 0.15) is 11.6 Å². The molecular weight excluding hydrogens is 269 g/mol. The molecule has 0 spiro atoms. The van der Waals surface area contributed by atoms with E-state index in [1.807, 2.05) is 6.26 Å². The van der Waals surface area contributed by atoms with Gasteiger partial charge in [-0.25, -0.2) is 4.39 Å². The van der Waals surface area contributed by atoms with Gasteiger partial charge in [-0.1, -0.05) is 0 Å². The first kappa shape index (κ1) is 15.8. The van der Waals surface area contributed by atoms with Gasteiger partial charge in [0.2, 0.25) is 0 Å². The topological polar surface area (TPSA) is 58.6 Å². The van der Waals surface area contributed by atoms with Crippen molar-refractivity contribution in [1.82, 2.24) is 5.32 Å². The summed E-state index contributed by atoms with van der Waals surface area (Å²) < 4.78 is 17.8. The molecule has 0 aromatic heterocycles. The monoisotopic (exact) mass is 287 g/mol. The van der Waals surface area contributed by atoms with E-state index in [0.29, 0.717) is 11.5 Å². The fourth-order valence-corrected chi connectivity index (χ4v) is 2.11. The minimum absolute atomic E-state index is 0.166. The van der Waals surface area contributed by atoms with Gasteiger partial charge in [-0.2, -0.15) is 11.8 Å². The number of hydrogen-bond acceptors (Lipinski definition) is 4. The zero-order chi connectivity index (χ0) is 14.3. The van der Waals surface area contributed by atoms with Crippen LogP contribution >= 0.6 is 11.8 Å². The number of thioether (sulfide) groups is 1. The van der Waals surface area contributed by atoms with Gasteiger partial charge in [-0.3, -0.25) is 4.79 Å². The molecule has 1 atom stereocenters. The maximum atomic E-state index is 12.6. The zero-order valence-electron chi connectivity index (χ0n) is 11.0. The number of benzene rings is 1. The molecule has 0 saturated carbocycles. The van der Waals surface area contributed by atoms with E-state index in [4.69, 9.17) is 4.74 Å². The molecule has 4 nitrogen and oxygen atoms in total. The second kappa shape index (κ2) is 7.35. The Bertz CT molecular complexity index is 409. The molecule has 0 heterocycles. The Labute approximate surface area is 116 Å². The highest BCUT2D eigenvalue weighted by Gasteiger charge is 2.20. The van der Waals surface area contributed by atoms with E-state index >= 15 is 0 Å². The minimum atomic E-state index is -0.940. The van der Waals surface area contributed by atoms with Crippen molar-refractivity contribution in [2.24, 2.45) is 0 Å². The van der Waals surface area contributed by atoms with E-state index < -0.39 is 5.60 Å². The first-order valence-electron chi connectivity index (χ1n) is 5.79. The Morgan fingerprint density at radius 2 is 2.11 bits per heavy atom. The molecule has 0 radical (unpaired) electrons. The average Bonchev–Trinajstić information content (AvgIpc) is 2.36. The molecule has 6 heteroatoms. The molecule has 0 aliphatic rings. The first-order chi connectivity index (χ1) is 8.93. The van der Waals surface area contributed by atoms with Crippen molar-refractivity contribution in [1.29, 1.82) is 0 Å². The van der Waals surface area contributed by atoms with Crippen molar-refractivity contribution in [3.63, 3.8) is 0 Å². The maximum Gasteiger partial charge on any atom is 0.258 e.